The third kappa shape index (κ3) is 2.11. The molecule has 0 aromatic heterocycles. The predicted molar refractivity (Wildman–Crippen MR) is 87.2 cm³/mol. The average molecular weight is 277 g/mol. The molecule has 21 heavy (non-hydrogen) atoms. The van der Waals surface area contributed by atoms with Crippen LogP contribution in [-0.2, 0) is 0 Å². The van der Waals surface area contributed by atoms with E-state index in [-0.39, 0.29) is 5.54 Å². The molecule has 2 unspecified atom stereocenters. The van der Waals surface area contributed by atoms with Crippen LogP contribution in [0, 0.1) is 5.92 Å². The summed E-state index contributed by atoms with van der Waals surface area (Å²) in [4.78, 5) is 0. The second-order valence-corrected chi connectivity index (χ2v) is 6.92. The van der Waals surface area contributed by atoms with Crippen molar-refractivity contribution in [2.75, 3.05) is 0 Å². The quantitative estimate of drug-likeness (QED) is 0.862. The highest BCUT2D eigenvalue weighted by Gasteiger charge is 2.52. The van der Waals surface area contributed by atoms with Crippen LogP contribution < -0.4 is 5.73 Å². The fourth-order valence-electron chi connectivity index (χ4n) is 4.75. The summed E-state index contributed by atoms with van der Waals surface area (Å²) in [5.74, 6) is 1.86. The molecule has 3 saturated carbocycles. The van der Waals surface area contributed by atoms with Gasteiger partial charge in [0.15, 0.2) is 0 Å². The van der Waals surface area contributed by atoms with E-state index >= 15 is 0 Å². The zero-order chi connectivity index (χ0) is 14.3. The Kier molecular flexibility index (Phi) is 3.11. The van der Waals surface area contributed by atoms with Crippen LogP contribution in [0.15, 0.2) is 60.7 Å². The molecule has 2 N–H and O–H groups in total. The number of hydrogen-bond donors (Lipinski definition) is 1. The maximum absolute atomic E-state index is 7.05. The first kappa shape index (κ1) is 13.1. The van der Waals surface area contributed by atoms with Crippen LogP contribution in [0.4, 0.5) is 0 Å². The summed E-state index contributed by atoms with van der Waals surface area (Å²) < 4.78 is 0. The van der Waals surface area contributed by atoms with Gasteiger partial charge in [-0.1, -0.05) is 60.7 Å². The Labute approximate surface area is 127 Å². The molecule has 2 aromatic carbocycles. The van der Waals surface area contributed by atoms with Crippen LogP contribution >= 0.6 is 0 Å². The highest BCUT2D eigenvalue weighted by molar-refractivity contribution is 5.34. The molecule has 0 spiro atoms. The molecule has 0 amide bonds. The van der Waals surface area contributed by atoms with Crippen molar-refractivity contribution < 1.29 is 0 Å². The van der Waals surface area contributed by atoms with Crippen molar-refractivity contribution in [2.45, 2.75) is 43.1 Å². The third-order valence-corrected chi connectivity index (χ3v) is 5.83. The Hall–Kier alpha value is -1.60. The molecule has 0 saturated heterocycles. The summed E-state index contributed by atoms with van der Waals surface area (Å²) in [7, 11) is 0. The van der Waals surface area contributed by atoms with E-state index in [0.29, 0.717) is 11.8 Å². The van der Waals surface area contributed by atoms with Gasteiger partial charge in [-0.25, -0.2) is 0 Å². The normalized spacial score (nSPS) is 34.8. The maximum atomic E-state index is 7.05. The lowest BCUT2D eigenvalue weighted by Crippen LogP contribution is -2.58. The lowest BCUT2D eigenvalue weighted by atomic mass is 9.52. The van der Waals surface area contributed by atoms with Gasteiger partial charge in [-0.15, -0.1) is 0 Å². The minimum absolute atomic E-state index is 0.0720. The number of fused-ring (bicyclic) bond motifs is 3. The van der Waals surface area contributed by atoms with Gasteiger partial charge in [0, 0.05) is 17.4 Å². The molecule has 3 aliphatic rings. The van der Waals surface area contributed by atoms with Crippen LogP contribution in [0.25, 0.3) is 0 Å². The highest BCUT2D eigenvalue weighted by Crippen LogP contribution is 2.57. The number of rotatable bonds is 2. The van der Waals surface area contributed by atoms with Gasteiger partial charge in [-0.2, -0.15) is 0 Å². The minimum atomic E-state index is -0.0720. The number of benzene rings is 2. The van der Waals surface area contributed by atoms with Crippen LogP contribution in [0.5, 0.6) is 0 Å². The van der Waals surface area contributed by atoms with Gasteiger partial charge in [0.25, 0.3) is 0 Å². The summed E-state index contributed by atoms with van der Waals surface area (Å²) >= 11 is 0. The van der Waals surface area contributed by atoms with Gasteiger partial charge < -0.3 is 5.73 Å². The minimum Gasteiger partial charge on any atom is -0.324 e. The van der Waals surface area contributed by atoms with Crippen molar-refractivity contribution in [3.63, 3.8) is 0 Å². The Morgan fingerprint density at radius 3 is 1.71 bits per heavy atom. The van der Waals surface area contributed by atoms with Gasteiger partial charge in [0.2, 0.25) is 0 Å². The largest absolute Gasteiger partial charge is 0.324 e. The Morgan fingerprint density at radius 1 is 0.762 bits per heavy atom. The monoisotopic (exact) mass is 277 g/mol. The fourth-order valence-corrected chi connectivity index (χ4v) is 4.75. The van der Waals surface area contributed by atoms with Gasteiger partial charge >= 0.3 is 0 Å². The first-order valence-electron chi connectivity index (χ1n) is 8.16. The highest BCUT2D eigenvalue weighted by atomic mass is 14.8. The molecule has 2 bridgehead atoms. The van der Waals surface area contributed by atoms with E-state index in [9.17, 15) is 0 Å². The molecule has 1 heteroatoms. The first-order valence-corrected chi connectivity index (χ1v) is 8.16. The summed E-state index contributed by atoms with van der Waals surface area (Å²) in [6, 6.07) is 21.9. The van der Waals surface area contributed by atoms with E-state index in [1.807, 2.05) is 0 Å². The molecule has 5 rings (SSSR count). The van der Waals surface area contributed by atoms with Crippen molar-refractivity contribution in [3.8, 4) is 0 Å². The maximum Gasteiger partial charge on any atom is 0.0293 e. The lowest BCUT2D eigenvalue weighted by Gasteiger charge is -2.55. The van der Waals surface area contributed by atoms with Crippen molar-refractivity contribution in [1.29, 1.82) is 0 Å². The number of nitrogens with two attached hydrogens (primary N) is 1. The third-order valence-electron chi connectivity index (χ3n) is 5.83. The molecule has 0 radical (unpaired) electrons. The zero-order valence-electron chi connectivity index (χ0n) is 12.4. The topological polar surface area (TPSA) is 26.0 Å². The molecule has 2 aromatic rings. The van der Waals surface area contributed by atoms with Crippen molar-refractivity contribution in [3.05, 3.63) is 71.8 Å². The zero-order valence-corrected chi connectivity index (χ0v) is 12.4. The van der Waals surface area contributed by atoms with E-state index in [0.717, 1.165) is 12.3 Å². The Balaban J connectivity index is 1.75. The molecule has 3 aliphatic carbocycles. The van der Waals surface area contributed by atoms with Crippen LogP contribution in [-0.4, -0.2) is 5.54 Å². The lowest BCUT2D eigenvalue weighted by molar-refractivity contribution is 0.0835. The van der Waals surface area contributed by atoms with Gasteiger partial charge in [0.05, 0.1) is 0 Å². The molecule has 108 valence electrons. The van der Waals surface area contributed by atoms with Crippen LogP contribution in [0.1, 0.15) is 48.6 Å². The summed E-state index contributed by atoms with van der Waals surface area (Å²) in [5.41, 5.74) is 9.85. The van der Waals surface area contributed by atoms with Crippen LogP contribution in [0.2, 0.25) is 0 Å². The van der Waals surface area contributed by atoms with E-state index in [1.165, 1.54) is 30.4 Å². The van der Waals surface area contributed by atoms with E-state index < -0.39 is 0 Å². The average Bonchev–Trinajstić information content (AvgIpc) is 2.56. The van der Waals surface area contributed by atoms with E-state index in [1.54, 1.807) is 0 Å². The Bertz CT molecular complexity index is 555. The molecular formula is C20H23N. The molecule has 2 atom stereocenters. The van der Waals surface area contributed by atoms with Crippen LogP contribution in [0.3, 0.4) is 0 Å². The summed E-state index contributed by atoms with van der Waals surface area (Å²) in [5, 5.41) is 0. The first-order chi connectivity index (χ1) is 10.3. The summed E-state index contributed by atoms with van der Waals surface area (Å²) in [6.45, 7) is 0. The van der Waals surface area contributed by atoms with Crippen molar-refractivity contribution in [2.24, 2.45) is 11.7 Å². The standard InChI is InChI=1S/C20H23N/c21-20-12-11-15(13-18(20)16-7-3-1-4-8-16)14-19(20)17-9-5-2-6-10-17/h1-10,15,18-19H,11-14,21H2. The molecule has 3 fully saturated rings. The molecule has 1 nitrogen and oxygen atoms in total. The second-order valence-electron chi connectivity index (χ2n) is 6.92. The van der Waals surface area contributed by atoms with E-state index in [2.05, 4.69) is 60.7 Å². The van der Waals surface area contributed by atoms with Crippen molar-refractivity contribution >= 4 is 0 Å². The predicted octanol–water partition coefficient (Wildman–Crippen LogP) is 4.46. The SMILES string of the molecule is NC12CCC(CC1c1ccccc1)CC2c1ccccc1. The van der Waals surface area contributed by atoms with E-state index in [4.69, 9.17) is 5.73 Å². The van der Waals surface area contributed by atoms with Crippen molar-refractivity contribution in [1.82, 2.24) is 0 Å². The second kappa shape index (κ2) is 4.99. The van der Waals surface area contributed by atoms with Gasteiger partial charge in [-0.3, -0.25) is 0 Å². The molecule has 0 heterocycles. The number of hydrogen-bond acceptors (Lipinski definition) is 1. The van der Waals surface area contributed by atoms with Gasteiger partial charge in [0.1, 0.15) is 0 Å². The van der Waals surface area contributed by atoms with Gasteiger partial charge in [-0.05, 0) is 42.7 Å². The molecular weight excluding hydrogens is 254 g/mol. The summed E-state index contributed by atoms with van der Waals surface area (Å²) in [6.07, 6.45) is 5.01. The fraction of sp³-hybridized carbons (Fsp3) is 0.400. The Morgan fingerprint density at radius 2 is 1.24 bits per heavy atom. The molecule has 0 aliphatic heterocycles. The smallest absolute Gasteiger partial charge is 0.0293 e.